The maximum atomic E-state index is 5.32. The summed E-state index contributed by atoms with van der Waals surface area (Å²) in [6, 6.07) is 0. The molecule has 2 nitrogen and oxygen atoms in total. The predicted octanol–water partition coefficient (Wildman–Crippen LogP) is 1.15. The van der Waals surface area contributed by atoms with E-state index in [-0.39, 0.29) is 0 Å². The number of hydrogen-bond acceptors (Lipinski definition) is 2. The minimum absolute atomic E-state index is 0.400. The van der Waals surface area contributed by atoms with Crippen LogP contribution in [-0.4, -0.2) is 19.8 Å². The van der Waals surface area contributed by atoms with Crippen molar-refractivity contribution in [2.45, 2.75) is 32.3 Å². The second kappa shape index (κ2) is 6.05. The van der Waals surface area contributed by atoms with Gasteiger partial charge in [0.2, 0.25) is 0 Å². The molecule has 0 radical (unpaired) electrons. The molecular weight excluding hydrogens is 114 g/mol. The molecule has 0 aliphatic carbocycles. The molecule has 0 amide bonds. The van der Waals surface area contributed by atoms with Crippen LogP contribution in [0.2, 0.25) is 0 Å². The molecule has 0 spiro atoms. The minimum Gasteiger partial charge on any atom is -0.382 e. The van der Waals surface area contributed by atoms with Crippen molar-refractivity contribution in [1.82, 2.24) is 0 Å². The molecule has 0 bridgehead atoms. The van der Waals surface area contributed by atoms with Crippen LogP contribution >= 0.6 is 0 Å². The van der Waals surface area contributed by atoms with Crippen LogP contribution in [0.3, 0.4) is 0 Å². The molecule has 1 atom stereocenters. The van der Waals surface area contributed by atoms with Crippen molar-refractivity contribution in [3.8, 4) is 0 Å². The minimum atomic E-state index is 0.400. The molecule has 0 fully saturated rings. The molecule has 0 aromatic carbocycles. The lowest BCUT2D eigenvalue weighted by Gasteiger charge is -2.06. The Bertz CT molecular complexity index is 56.9. The topological polar surface area (TPSA) is 35.2 Å². The Morgan fingerprint density at radius 3 is 2.56 bits per heavy atom. The zero-order valence-corrected chi connectivity index (χ0v) is 6.39. The Morgan fingerprint density at radius 1 is 1.44 bits per heavy atom. The zero-order chi connectivity index (χ0) is 7.11. The lowest BCUT2D eigenvalue weighted by atomic mass is 10.2. The van der Waals surface area contributed by atoms with Gasteiger partial charge in [0, 0.05) is 7.11 Å². The van der Waals surface area contributed by atoms with E-state index in [1.54, 1.807) is 7.11 Å². The van der Waals surface area contributed by atoms with Crippen molar-refractivity contribution in [1.29, 1.82) is 0 Å². The highest BCUT2D eigenvalue weighted by Gasteiger charge is 1.96. The summed E-state index contributed by atoms with van der Waals surface area (Å²) in [6.45, 7) is 2.88. The Kier molecular flexibility index (Phi) is 5.99. The van der Waals surface area contributed by atoms with E-state index in [1.165, 1.54) is 6.42 Å². The van der Waals surface area contributed by atoms with E-state index in [9.17, 15) is 0 Å². The number of rotatable bonds is 5. The number of unbranched alkanes of at least 4 members (excludes halogenated alkanes) is 1. The lowest BCUT2D eigenvalue weighted by Crippen LogP contribution is -2.06. The van der Waals surface area contributed by atoms with Gasteiger partial charge in [0.05, 0.1) is 6.10 Å². The maximum absolute atomic E-state index is 5.32. The van der Waals surface area contributed by atoms with Gasteiger partial charge in [0.15, 0.2) is 0 Å². The van der Waals surface area contributed by atoms with Crippen LogP contribution in [0.5, 0.6) is 0 Å². The standard InChI is InChI=1S/C7H17NO/c1-7(9-2)5-3-4-6-8/h7H,3-6,8H2,1-2H3. The molecule has 0 aliphatic rings. The molecular formula is C7H17NO. The first kappa shape index (κ1) is 8.92. The van der Waals surface area contributed by atoms with Gasteiger partial charge in [0.1, 0.15) is 0 Å². The summed E-state index contributed by atoms with van der Waals surface area (Å²) < 4.78 is 5.06. The third-order valence-corrected chi connectivity index (χ3v) is 1.47. The van der Waals surface area contributed by atoms with Gasteiger partial charge >= 0.3 is 0 Å². The van der Waals surface area contributed by atoms with E-state index in [4.69, 9.17) is 10.5 Å². The van der Waals surface area contributed by atoms with Crippen molar-refractivity contribution in [3.05, 3.63) is 0 Å². The van der Waals surface area contributed by atoms with Gasteiger partial charge in [-0.05, 0) is 32.7 Å². The summed E-state index contributed by atoms with van der Waals surface area (Å²) in [6.07, 6.45) is 3.84. The van der Waals surface area contributed by atoms with Crippen molar-refractivity contribution in [3.63, 3.8) is 0 Å². The Morgan fingerprint density at radius 2 is 2.11 bits per heavy atom. The van der Waals surface area contributed by atoms with Gasteiger partial charge < -0.3 is 10.5 Å². The molecule has 2 heteroatoms. The summed E-state index contributed by atoms with van der Waals surface area (Å²) in [4.78, 5) is 0. The van der Waals surface area contributed by atoms with Crippen LogP contribution < -0.4 is 5.73 Å². The lowest BCUT2D eigenvalue weighted by molar-refractivity contribution is 0.109. The van der Waals surface area contributed by atoms with Crippen LogP contribution in [0.4, 0.5) is 0 Å². The number of nitrogens with two attached hydrogens (primary N) is 1. The molecule has 0 saturated carbocycles. The van der Waals surface area contributed by atoms with E-state index in [0.717, 1.165) is 19.4 Å². The largest absolute Gasteiger partial charge is 0.382 e. The quantitative estimate of drug-likeness (QED) is 0.568. The summed E-state index contributed by atoms with van der Waals surface area (Å²) in [7, 11) is 1.74. The average molecular weight is 131 g/mol. The Labute approximate surface area is 57.4 Å². The molecule has 0 aromatic heterocycles. The van der Waals surface area contributed by atoms with Crippen LogP contribution in [-0.2, 0) is 4.74 Å². The van der Waals surface area contributed by atoms with E-state index >= 15 is 0 Å². The van der Waals surface area contributed by atoms with Crippen LogP contribution in [0.1, 0.15) is 26.2 Å². The fraction of sp³-hybridized carbons (Fsp3) is 1.00. The molecule has 9 heavy (non-hydrogen) atoms. The van der Waals surface area contributed by atoms with Gasteiger partial charge in [0.25, 0.3) is 0 Å². The first-order chi connectivity index (χ1) is 4.31. The highest BCUT2D eigenvalue weighted by Crippen LogP contribution is 2.01. The second-order valence-corrected chi connectivity index (χ2v) is 2.33. The average Bonchev–Trinajstić information content (AvgIpc) is 1.89. The summed E-state index contributed by atoms with van der Waals surface area (Å²) >= 11 is 0. The molecule has 56 valence electrons. The predicted molar refractivity (Wildman–Crippen MR) is 39.4 cm³/mol. The molecule has 0 aliphatic heterocycles. The fourth-order valence-corrected chi connectivity index (χ4v) is 0.694. The van der Waals surface area contributed by atoms with Gasteiger partial charge in [-0.15, -0.1) is 0 Å². The molecule has 0 rings (SSSR count). The summed E-state index contributed by atoms with van der Waals surface area (Å²) in [5, 5.41) is 0. The third kappa shape index (κ3) is 5.80. The number of ether oxygens (including phenoxy) is 1. The highest BCUT2D eigenvalue weighted by molar-refractivity contribution is 4.49. The normalized spacial score (nSPS) is 13.7. The van der Waals surface area contributed by atoms with Gasteiger partial charge in [-0.25, -0.2) is 0 Å². The van der Waals surface area contributed by atoms with E-state index in [0.29, 0.717) is 6.10 Å². The Balaban J connectivity index is 2.88. The summed E-state index contributed by atoms with van der Waals surface area (Å²) in [5.74, 6) is 0. The van der Waals surface area contributed by atoms with Gasteiger partial charge in [-0.3, -0.25) is 0 Å². The van der Waals surface area contributed by atoms with Crippen molar-refractivity contribution in [2.24, 2.45) is 5.73 Å². The molecule has 0 aromatic rings. The van der Waals surface area contributed by atoms with Crippen molar-refractivity contribution >= 4 is 0 Å². The third-order valence-electron chi connectivity index (χ3n) is 1.47. The van der Waals surface area contributed by atoms with Gasteiger partial charge in [-0.1, -0.05) is 0 Å². The first-order valence-corrected chi connectivity index (χ1v) is 3.54. The SMILES string of the molecule is COC(C)CCCCN. The second-order valence-electron chi connectivity index (χ2n) is 2.33. The number of methoxy groups -OCH3 is 1. The zero-order valence-electron chi connectivity index (χ0n) is 6.39. The maximum Gasteiger partial charge on any atom is 0.0543 e. The van der Waals surface area contributed by atoms with Gasteiger partial charge in [-0.2, -0.15) is 0 Å². The van der Waals surface area contributed by atoms with E-state index in [1.807, 2.05) is 0 Å². The Hall–Kier alpha value is -0.0800. The van der Waals surface area contributed by atoms with E-state index in [2.05, 4.69) is 6.92 Å². The molecule has 2 N–H and O–H groups in total. The van der Waals surface area contributed by atoms with Crippen LogP contribution in [0.25, 0.3) is 0 Å². The van der Waals surface area contributed by atoms with Crippen molar-refractivity contribution in [2.75, 3.05) is 13.7 Å². The smallest absolute Gasteiger partial charge is 0.0543 e. The molecule has 0 heterocycles. The number of hydrogen-bond donors (Lipinski definition) is 1. The van der Waals surface area contributed by atoms with Crippen molar-refractivity contribution < 1.29 is 4.74 Å². The highest BCUT2D eigenvalue weighted by atomic mass is 16.5. The molecule has 1 unspecified atom stereocenters. The monoisotopic (exact) mass is 131 g/mol. The summed E-state index contributed by atoms with van der Waals surface area (Å²) in [5.41, 5.74) is 5.32. The molecule has 0 saturated heterocycles. The first-order valence-electron chi connectivity index (χ1n) is 3.54. The van der Waals surface area contributed by atoms with Crippen LogP contribution in [0.15, 0.2) is 0 Å². The fourth-order valence-electron chi connectivity index (χ4n) is 0.694. The van der Waals surface area contributed by atoms with E-state index < -0.39 is 0 Å². The van der Waals surface area contributed by atoms with Crippen LogP contribution in [0, 0.1) is 0 Å².